The zero-order valence-electron chi connectivity index (χ0n) is 11.8. The van der Waals surface area contributed by atoms with Crippen molar-refractivity contribution in [3.05, 3.63) is 35.9 Å². The van der Waals surface area contributed by atoms with E-state index in [1.165, 1.54) is 18.4 Å². The van der Waals surface area contributed by atoms with Crippen molar-refractivity contribution in [1.29, 1.82) is 0 Å². The summed E-state index contributed by atoms with van der Waals surface area (Å²) in [5.41, 5.74) is 1.42. The van der Waals surface area contributed by atoms with Crippen LogP contribution < -0.4 is 5.32 Å². The number of rotatable bonds is 8. The molecule has 0 spiro atoms. The average molecular weight is 263 g/mol. The molecular formula is C16H25NO2. The van der Waals surface area contributed by atoms with Crippen LogP contribution in [0, 0.1) is 0 Å². The lowest BCUT2D eigenvalue weighted by Gasteiger charge is -2.20. The molecule has 0 radical (unpaired) electrons. The lowest BCUT2D eigenvalue weighted by atomic mass is 10.0. The minimum Gasteiger partial charge on any atom is -0.350 e. The predicted octanol–water partition coefficient (Wildman–Crippen LogP) is 2.75. The minimum atomic E-state index is 0.000718. The molecule has 1 heterocycles. The zero-order chi connectivity index (χ0) is 13.3. The van der Waals surface area contributed by atoms with Gasteiger partial charge in [-0.2, -0.15) is 0 Å². The average Bonchev–Trinajstić information content (AvgIpc) is 2.93. The second kappa shape index (κ2) is 8.31. The van der Waals surface area contributed by atoms with Crippen molar-refractivity contribution in [3.63, 3.8) is 0 Å². The third-order valence-electron chi connectivity index (χ3n) is 3.52. The molecule has 0 bridgehead atoms. The van der Waals surface area contributed by atoms with E-state index in [2.05, 4.69) is 42.6 Å². The van der Waals surface area contributed by atoms with Crippen molar-refractivity contribution in [1.82, 2.24) is 5.32 Å². The van der Waals surface area contributed by atoms with Gasteiger partial charge in [0.2, 0.25) is 0 Å². The standard InChI is InChI=1S/C16H25NO2/c1-2-17-15(13-16-18-11-12-19-16)10-6-9-14-7-4-3-5-8-14/h3-5,7-8,15-17H,2,6,9-13H2,1H3. The van der Waals surface area contributed by atoms with Gasteiger partial charge in [-0.1, -0.05) is 37.3 Å². The molecule has 3 nitrogen and oxygen atoms in total. The second-order valence-corrected chi connectivity index (χ2v) is 5.04. The molecule has 1 aromatic carbocycles. The van der Waals surface area contributed by atoms with Gasteiger partial charge in [-0.15, -0.1) is 0 Å². The molecule has 1 atom stereocenters. The highest BCUT2D eigenvalue weighted by atomic mass is 16.7. The smallest absolute Gasteiger partial charge is 0.159 e. The summed E-state index contributed by atoms with van der Waals surface area (Å²) in [5.74, 6) is 0. The molecule has 1 saturated heterocycles. The van der Waals surface area contributed by atoms with E-state index in [1.807, 2.05) is 0 Å². The van der Waals surface area contributed by atoms with Crippen molar-refractivity contribution in [2.45, 2.75) is 44.9 Å². The molecular weight excluding hydrogens is 238 g/mol. The summed E-state index contributed by atoms with van der Waals surface area (Å²) in [6.07, 6.45) is 4.48. The van der Waals surface area contributed by atoms with Crippen molar-refractivity contribution in [3.8, 4) is 0 Å². The first kappa shape index (κ1) is 14.5. The Morgan fingerprint density at radius 2 is 1.95 bits per heavy atom. The van der Waals surface area contributed by atoms with E-state index < -0.39 is 0 Å². The molecule has 0 amide bonds. The Bertz CT molecular complexity index is 336. The number of benzene rings is 1. The Labute approximate surface area is 116 Å². The summed E-state index contributed by atoms with van der Waals surface area (Å²) in [6.45, 7) is 4.64. The summed E-state index contributed by atoms with van der Waals surface area (Å²) in [7, 11) is 0. The highest BCUT2D eigenvalue weighted by molar-refractivity contribution is 5.14. The van der Waals surface area contributed by atoms with Crippen LogP contribution in [0.1, 0.15) is 31.7 Å². The van der Waals surface area contributed by atoms with Crippen LogP contribution in [0.3, 0.4) is 0 Å². The van der Waals surface area contributed by atoms with Gasteiger partial charge in [0.1, 0.15) is 0 Å². The van der Waals surface area contributed by atoms with E-state index >= 15 is 0 Å². The SMILES string of the molecule is CCNC(CCCc1ccccc1)CC1OCCO1. The third-order valence-corrected chi connectivity index (χ3v) is 3.52. The topological polar surface area (TPSA) is 30.5 Å². The predicted molar refractivity (Wildman–Crippen MR) is 77.2 cm³/mol. The quantitative estimate of drug-likeness (QED) is 0.782. The Kier molecular flexibility index (Phi) is 6.34. The van der Waals surface area contributed by atoms with E-state index in [1.54, 1.807) is 0 Å². The number of ether oxygens (including phenoxy) is 2. The Morgan fingerprint density at radius 3 is 2.63 bits per heavy atom. The van der Waals surface area contributed by atoms with Crippen molar-refractivity contribution >= 4 is 0 Å². The third kappa shape index (κ3) is 5.31. The Morgan fingerprint density at radius 1 is 1.21 bits per heavy atom. The lowest BCUT2D eigenvalue weighted by Crippen LogP contribution is -2.33. The second-order valence-electron chi connectivity index (χ2n) is 5.04. The van der Waals surface area contributed by atoms with Gasteiger partial charge in [-0.3, -0.25) is 0 Å². The fourth-order valence-corrected chi connectivity index (χ4v) is 2.56. The molecule has 1 aliphatic rings. The molecule has 0 aliphatic carbocycles. The Balaban J connectivity index is 1.70. The van der Waals surface area contributed by atoms with Crippen LogP contribution in [0.4, 0.5) is 0 Å². The molecule has 1 fully saturated rings. The van der Waals surface area contributed by atoms with Crippen LogP contribution in [0.25, 0.3) is 0 Å². The molecule has 19 heavy (non-hydrogen) atoms. The molecule has 1 unspecified atom stereocenters. The first-order valence-corrected chi connectivity index (χ1v) is 7.39. The number of nitrogens with one attached hydrogen (secondary N) is 1. The number of hydrogen-bond donors (Lipinski definition) is 1. The van der Waals surface area contributed by atoms with Crippen LogP contribution in [-0.4, -0.2) is 32.1 Å². The van der Waals surface area contributed by atoms with Crippen LogP contribution in [-0.2, 0) is 15.9 Å². The van der Waals surface area contributed by atoms with Gasteiger partial charge in [0.05, 0.1) is 13.2 Å². The van der Waals surface area contributed by atoms with Gasteiger partial charge in [0.25, 0.3) is 0 Å². The van der Waals surface area contributed by atoms with Gasteiger partial charge in [0, 0.05) is 12.5 Å². The molecule has 2 rings (SSSR count). The minimum absolute atomic E-state index is 0.000718. The van der Waals surface area contributed by atoms with Gasteiger partial charge >= 0.3 is 0 Å². The summed E-state index contributed by atoms with van der Waals surface area (Å²) in [6, 6.07) is 11.2. The van der Waals surface area contributed by atoms with E-state index in [0.717, 1.165) is 32.6 Å². The molecule has 1 N–H and O–H groups in total. The van der Waals surface area contributed by atoms with Crippen molar-refractivity contribution in [2.75, 3.05) is 19.8 Å². The van der Waals surface area contributed by atoms with Crippen molar-refractivity contribution in [2.24, 2.45) is 0 Å². The van der Waals surface area contributed by atoms with E-state index in [4.69, 9.17) is 9.47 Å². The van der Waals surface area contributed by atoms with E-state index in [0.29, 0.717) is 6.04 Å². The number of hydrogen-bond acceptors (Lipinski definition) is 3. The van der Waals surface area contributed by atoms with E-state index in [-0.39, 0.29) is 6.29 Å². The number of aryl methyl sites for hydroxylation is 1. The summed E-state index contributed by atoms with van der Waals surface area (Å²) in [4.78, 5) is 0. The maximum absolute atomic E-state index is 5.53. The summed E-state index contributed by atoms with van der Waals surface area (Å²) < 4.78 is 11.1. The monoisotopic (exact) mass is 263 g/mol. The molecule has 1 aromatic rings. The molecule has 0 aromatic heterocycles. The van der Waals surface area contributed by atoms with Crippen LogP contribution in [0.5, 0.6) is 0 Å². The molecule has 3 heteroatoms. The van der Waals surface area contributed by atoms with E-state index in [9.17, 15) is 0 Å². The molecule has 106 valence electrons. The highest BCUT2D eigenvalue weighted by Gasteiger charge is 2.20. The summed E-state index contributed by atoms with van der Waals surface area (Å²) >= 11 is 0. The molecule has 1 aliphatic heterocycles. The Hall–Kier alpha value is -0.900. The fraction of sp³-hybridized carbons (Fsp3) is 0.625. The highest BCUT2D eigenvalue weighted by Crippen LogP contribution is 2.15. The molecule has 0 saturated carbocycles. The summed E-state index contributed by atoms with van der Waals surface area (Å²) in [5, 5.41) is 3.54. The van der Waals surface area contributed by atoms with Crippen LogP contribution in [0.2, 0.25) is 0 Å². The maximum atomic E-state index is 5.53. The first-order chi connectivity index (χ1) is 9.38. The van der Waals surface area contributed by atoms with Crippen LogP contribution in [0.15, 0.2) is 30.3 Å². The zero-order valence-corrected chi connectivity index (χ0v) is 11.8. The van der Waals surface area contributed by atoms with Crippen molar-refractivity contribution < 1.29 is 9.47 Å². The van der Waals surface area contributed by atoms with Gasteiger partial charge in [-0.05, 0) is 31.4 Å². The fourth-order valence-electron chi connectivity index (χ4n) is 2.56. The lowest BCUT2D eigenvalue weighted by molar-refractivity contribution is -0.0531. The van der Waals surface area contributed by atoms with Gasteiger partial charge < -0.3 is 14.8 Å². The van der Waals surface area contributed by atoms with Gasteiger partial charge in [0.15, 0.2) is 6.29 Å². The van der Waals surface area contributed by atoms with Crippen LogP contribution >= 0.6 is 0 Å². The first-order valence-electron chi connectivity index (χ1n) is 7.39. The van der Waals surface area contributed by atoms with Gasteiger partial charge in [-0.25, -0.2) is 0 Å². The maximum Gasteiger partial charge on any atom is 0.159 e. The normalized spacial score (nSPS) is 17.7. The largest absolute Gasteiger partial charge is 0.350 e.